The van der Waals surface area contributed by atoms with Crippen molar-refractivity contribution < 1.29 is 14.3 Å². The van der Waals surface area contributed by atoms with Gasteiger partial charge in [-0.1, -0.05) is 41.1 Å². The van der Waals surface area contributed by atoms with Gasteiger partial charge in [-0.05, 0) is 68.3 Å². The Morgan fingerprint density at radius 2 is 1.86 bits per heavy atom. The monoisotopic (exact) mass is 690 g/mol. The zero-order chi connectivity index (χ0) is 26.5. The molecule has 0 atom stereocenters. The summed E-state index contributed by atoms with van der Waals surface area (Å²) in [5.41, 5.74) is 1.63. The van der Waals surface area contributed by atoms with Crippen molar-refractivity contribution in [3.8, 4) is 11.5 Å². The Morgan fingerprint density at radius 3 is 2.57 bits per heavy atom. The van der Waals surface area contributed by atoms with Crippen LogP contribution in [0, 0.1) is 0 Å². The van der Waals surface area contributed by atoms with Gasteiger partial charge in [0.1, 0.15) is 5.82 Å². The predicted octanol–water partition coefficient (Wildman–Crippen LogP) is 6.15. The van der Waals surface area contributed by atoms with Crippen LogP contribution in [-0.4, -0.2) is 35.5 Å². The van der Waals surface area contributed by atoms with Gasteiger partial charge in [0, 0.05) is 26.6 Å². The van der Waals surface area contributed by atoms with Crippen molar-refractivity contribution in [3.05, 3.63) is 89.8 Å². The van der Waals surface area contributed by atoms with Crippen LogP contribution in [0.15, 0.2) is 77.9 Å². The first kappa shape index (κ1) is 27.0. The number of methoxy groups -OCH3 is 1. The first-order valence-electron chi connectivity index (χ1n) is 11.1. The summed E-state index contributed by atoms with van der Waals surface area (Å²) in [7, 11) is 1.50. The Morgan fingerprint density at radius 1 is 1.11 bits per heavy atom. The number of para-hydroxylation sites is 1. The number of hydrogen-bond acceptors (Lipinski definition) is 6. The lowest BCUT2D eigenvalue weighted by Gasteiger charge is -2.15. The maximum absolute atomic E-state index is 13.2. The predicted molar refractivity (Wildman–Crippen MR) is 155 cm³/mol. The standard InChI is InChI=1S/C26H21Br3N4O4/c1-3-21-32-19-10-9-16(27)12-18(19)26(35)33(21)30-13-15-11-20(36-2)25(24(29)23(15)28)37-14-22(34)31-17-7-5-4-6-8-17/h4-13H,3,14H2,1-2H3,(H,31,34). The molecule has 8 nitrogen and oxygen atoms in total. The lowest BCUT2D eigenvalue weighted by atomic mass is 10.2. The normalized spacial score (nSPS) is 11.2. The van der Waals surface area contributed by atoms with Gasteiger partial charge in [-0.25, -0.2) is 4.98 Å². The number of anilines is 1. The molecule has 4 aromatic rings. The first-order chi connectivity index (χ1) is 17.8. The molecule has 1 amide bonds. The first-order valence-corrected chi connectivity index (χ1v) is 13.5. The summed E-state index contributed by atoms with van der Waals surface area (Å²) in [5.74, 6) is 0.942. The smallest absolute Gasteiger partial charge is 0.282 e. The minimum absolute atomic E-state index is 0.225. The van der Waals surface area contributed by atoms with E-state index in [4.69, 9.17) is 9.47 Å². The number of aromatic nitrogens is 2. The summed E-state index contributed by atoms with van der Waals surface area (Å²) < 4.78 is 14.5. The number of rotatable bonds is 8. The number of ether oxygens (including phenoxy) is 2. The number of hydrogen-bond donors (Lipinski definition) is 1. The highest BCUT2D eigenvalue weighted by atomic mass is 79.9. The molecule has 3 aromatic carbocycles. The number of carbonyl (C=O) groups is 1. The third-order valence-electron chi connectivity index (χ3n) is 5.28. The fourth-order valence-corrected chi connectivity index (χ4v) is 4.80. The highest BCUT2D eigenvalue weighted by Gasteiger charge is 2.18. The number of carbonyl (C=O) groups excluding carboxylic acids is 1. The second kappa shape index (κ2) is 12.0. The van der Waals surface area contributed by atoms with Gasteiger partial charge in [0.2, 0.25) is 0 Å². The molecule has 1 aromatic heterocycles. The van der Waals surface area contributed by atoms with Crippen LogP contribution in [0.3, 0.4) is 0 Å². The SMILES string of the molecule is CCc1nc2ccc(Br)cc2c(=O)n1N=Cc1cc(OC)c(OCC(=O)Nc2ccccc2)c(Br)c1Br. The lowest BCUT2D eigenvalue weighted by Crippen LogP contribution is -2.22. The Balaban J connectivity index is 1.63. The van der Waals surface area contributed by atoms with Crippen molar-refractivity contribution in [1.29, 1.82) is 0 Å². The quantitative estimate of drug-likeness (QED) is 0.224. The number of benzene rings is 3. The van der Waals surface area contributed by atoms with E-state index in [1.54, 1.807) is 30.3 Å². The minimum atomic E-state index is -0.316. The van der Waals surface area contributed by atoms with E-state index in [0.29, 0.717) is 54.8 Å². The van der Waals surface area contributed by atoms with E-state index in [-0.39, 0.29) is 18.1 Å². The fraction of sp³-hybridized carbons (Fsp3) is 0.154. The summed E-state index contributed by atoms with van der Waals surface area (Å²) in [6.07, 6.45) is 2.06. The van der Waals surface area contributed by atoms with Crippen LogP contribution in [0.1, 0.15) is 18.3 Å². The molecule has 37 heavy (non-hydrogen) atoms. The molecule has 0 fully saturated rings. The molecule has 4 rings (SSSR count). The molecule has 0 aliphatic rings. The number of aryl methyl sites for hydroxylation is 1. The van der Waals surface area contributed by atoms with E-state index in [0.717, 1.165) is 4.47 Å². The van der Waals surface area contributed by atoms with Gasteiger partial charge in [0.05, 0.1) is 28.7 Å². The van der Waals surface area contributed by atoms with E-state index in [1.807, 2.05) is 31.2 Å². The number of nitrogens with one attached hydrogen (secondary N) is 1. The van der Waals surface area contributed by atoms with Crippen LogP contribution in [0.2, 0.25) is 0 Å². The maximum atomic E-state index is 13.2. The highest BCUT2D eigenvalue weighted by molar-refractivity contribution is 9.13. The molecule has 0 aliphatic heterocycles. The van der Waals surface area contributed by atoms with Gasteiger partial charge in [0.15, 0.2) is 18.1 Å². The average molecular weight is 693 g/mol. The van der Waals surface area contributed by atoms with Crippen molar-refractivity contribution in [2.24, 2.45) is 5.10 Å². The van der Waals surface area contributed by atoms with Gasteiger partial charge in [-0.15, -0.1) is 0 Å². The van der Waals surface area contributed by atoms with Crippen LogP contribution in [-0.2, 0) is 11.2 Å². The molecule has 11 heteroatoms. The minimum Gasteiger partial charge on any atom is -0.493 e. The second-order valence-corrected chi connectivity index (χ2v) is 10.2. The third kappa shape index (κ3) is 6.11. The van der Waals surface area contributed by atoms with Gasteiger partial charge in [-0.3, -0.25) is 9.59 Å². The number of halogens is 3. The second-order valence-electron chi connectivity index (χ2n) is 7.73. The molecule has 0 unspecified atom stereocenters. The Bertz CT molecular complexity index is 1560. The molecule has 1 heterocycles. The molecule has 0 spiro atoms. The third-order valence-corrected chi connectivity index (χ3v) is 7.92. The van der Waals surface area contributed by atoms with E-state index in [9.17, 15) is 9.59 Å². The van der Waals surface area contributed by atoms with E-state index >= 15 is 0 Å². The van der Waals surface area contributed by atoms with E-state index in [2.05, 4.69) is 63.2 Å². The zero-order valence-electron chi connectivity index (χ0n) is 19.8. The Hall–Kier alpha value is -3.02. The van der Waals surface area contributed by atoms with Crippen molar-refractivity contribution in [2.45, 2.75) is 13.3 Å². The molecule has 0 radical (unpaired) electrons. The number of fused-ring (bicyclic) bond motifs is 1. The lowest BCUT2D eigenvalue weighted by molar-refractivity contribution is -0.118. The van der Waals surface area contributed by atoms with Crippen molar-refractivity contribution in [2.75, 3.05) is 19.0 Å². The molecular weight excluding hydrogens is 672 g/mol. The van der Waals surface area contributed by atoms with Crippen LogP contribution < -0.4 is 20.3 Å². The van der Waals surface area contributed by atoms with Crippen LogP contribution in [0.5, 0.6) is 11.5 Å². The summed E-state index contributed by atoms with van der Waals surface area (Å²) in [5, 5.41) is 7.67. The van der Waals surface area contributed by atoms with Gasteiger partial charge >= 0.3 is 0 Å². The van der Waals surface area contributed by atoms with Crippen LogP contribution >= 0.6 is 47.8 Å². The molecule has 190 valence electrons. The highest BCUT2D eigenvalue weighted by Crippen LogP contribution is 2.42. The molecular formula is C26H21Br3N4O4. The number of nitrogens with zero attached hydrogens (tertiary/aromatic N) is 3. The number of amides is 1. The van der Waals surface area contributed by atoms with Gasteiger partial charge in [0.25, 0.3) is 11.5 Å². The maximum Gasteiger partial charge on any atom is 0.282 e. The molecule has 0 saturated heterocycles. The fourth-order valence-electron chi connectivity index (χ4n) is 3.50. The molecule has 0 aliphatic carbocycles. The van der Waals surface area contributed by atoms with Crippen molar-refractivity contribution >= 4 is 76.5 Å². The van der Waals surface area contributed by atoms with Crippen molar-refractivity contribution in [3.63, 3.8) is 0 Å². The molecule has 0 saturated carbocycles. The summed E-state index contributed by atoms with van der Waals surface area (Å²) >= 11 is 10.5. The van der Waals surface area contributed by atoms with Gasteiger partial charge < -0.3 is 14.8 Å². The van der Waals surface area contributed by atoms with Crippen LogP contribution in [0.25, 0.3) is 10.9 Å². The van der Waals surface area contributed by atoms with E-state index in [1.165, 1.54) is 18.0 Å². The van der Waals surface area contributed by atoms with Crippen LogP contribution in [0.4, 0.5) is 5.69 Å². The average Bonchev–Trinajstić information content (AvgIpc) is 2.90. The topological polar surface area (TPSA) is 94.8 Å². The van der Waals surface area contributed by atoms with E-state index < -0.39 is 0 Å². The Kier molecular flexibility index (Phi) is 8.78. The Labute approximate surface area is 238 Å². The van der Waals surface area contributed by atoms with Gasteiger partial charge in [-0.2, -0.15) is 9.78 Å². The summed E-state index contributed by atoms with van der Waals surface area (Å²) in [6, 6.07) is 16.2. The molecule has 0 bridgehead atoms. The largest absolute Gasteiger partial charge is 0.493 e. The molecule has 1 N–H and O–H groups in total. The van der Waals surface area contributed by atoms with Crippen molar-refractivity contribution in [1.82, 2.24) is 9.66 Å². The summed E-state index contributed by atoms with van der Waals surface area (Å²) in [4.78, 5) is 30.1. The summed E-state index contributed by atoms with van der Waals surface area (Å²) in [6.45, 7) is 1.69. The zero-order valence-corrected chi connectivity index (χ0v) is 24.6.